The predicted octanol–water partition coefficient (Wildman–Crippen LogP) is 2.16. The standard InChI is InChI=1S/C12H20N2S/c1-9-7-14(5-4-13-9)8-12-6-10(2)15-11(12)3/h6,9,13H,4-5,7-8H2,1-3H3/t9-/m1/s1. The number of hydrogen-bond acceptors (Lipinski definition) is 3. The Morgan fingerprint density at radius 2 is 2.33 bits per heavy atom. The van der Waals surface area contributed by atoms with Gasteiger partial charge in [0.2, 0.25) is 0 Å². The lowest BCUT2D eigenvalue weighted by molar-refractivity contribution is 0.199. The average Bonchev–Trinajstić information content (AvgIpc) is 2.45. The van der Waals surface area contributed by atoms with Crippen LogP contribution in [0.15, 0.2) is 6.07 Å². The molecule has 2 rings (SSSR count). The molecule has 1 aromatic rings. The molecular formula is C12H20N2S. The molecule has 0 aliphatic carbocycles. The van der Waals surface area contributed by atoms with Crippen molar-refractivity contribution in [1.29, 1.82) is 0 Å². The van der Waals surface area contributed by atoms with Crippen LogP contribution in [0.4, 0.5) is 0 Å². The van der Waals surface area contributed by atoms with Crippen molar-refractivity contribution >= 4 is 11.3 Å². The molecular weight excluding hydrogens is 204 g/mol. The molecule has 1 fully saturated rings. The molecule has 1 atom stereocenters. The molecule has 2 heterocycles. The van der Waals surface area contributed by atoms with E-state index in [1.165, 1.54) is 28.4 Å². The second kappa shape index (κ2) is 4.64. The molecule has 0 unspecified atom stereocenters. The molecule has 1 aliphatic heterocycles. The summed E-state index contributed by atoms with van der Waals surface area (Å²) < 4.78 is 0. The van der Waals surface area contributed by atoms with Crippen LogP contribution in [0.2, 0.25) is 0 Å². The Morgan fingerprint density at radius 3 is 2.93 bits per heavy atom. The summed E-state index contributed by atoms with van der Waals surface area (Å²) in [6.07, 6.45) is 0. The van der Waals surface area contributed by atoms with E-state index >= 15 is 0 Å². The molecule has 0 radical (unpaired) electrons. The van der Waals surface area contributed by atoms with Crippen LogP contribution in [0.3, 0.4) is 0 Å². The summed E-state index contributed by atoms with van der Waals surface area (Å²) in [7, 11) is 0. The van der Waals surface area contributed by atoms with Crippen LogP contribution < -0.4 is 5.32 Å². The van der Waals surface area contributed by atoms with Crippen LogP contribution >= 0.6 is 11.3 Å². The zero-order valence-corrected chi connectivity index (χ0v) is 10.7. The van der Waals surface area contributed by atoms with E-state index in [2.05, 4.69) is 37.1 Å². The third kappa shape index (κ3) is 2.80. The largest absolute Gasteiger partial charge is 0.312 e. The second-order valence-corrected chi connectivity index (χ2v) is 5.99. The monoisotopic (exact) mass is 224 g/mol. The lowest BCUT2D eigenvalue weighted by atomic mass is 10.2. The van der Waals surface area contributed by atoms with Crippen LogP contribution in [-0.4, -0.2) is 30.6 Å². The van der Waals surface area contributed by atoms with Gasteiger partial charge in [-0.25, -0.2) is 0 Å². The summed E-state index contributed by atoms with van der Waals surface area (Å²) in [4.78, 5) is 5.47. The molecule has 0 spiro atoms. The predicted molar refractivity (Wildman–Crippen MR) is 66.5 cm³/mol. The van der Waals surface area contributed by atoms with E-state index in [1.807, 2.05) is 11.3 Å². The highest BCUT2D eigenvalue weighted by Gasteiger charge is 2.16. The minimum atomic E-state index is 0.638. The number of aryl methyl sites for hydroxylation is 2. The summed E-state index contributed by atoms with van der Waals surface area (Å²) >= 11 is 1.92. The van der Waals surface area contributed by atoms with Crippen LogP contribution in [0.1, 0.15) is 22.2 Å². The maximum absolute atomic E-state index is 3.48. The quantitative estimate of drug-likeness (QED) is 0.828. The Morgan fingerprint density at radius 1 is 1.53 bits per heavy atom. The first-order chi connectivity index (χ1) is 7.15. The van der Waals surface area contributed by atoms with Gasteiger partial charge in [-0.1, -0.05) is 0 Å². The lowest BCUT2D eigenvalue weighted by Crippen LogP contribution is -2.48. The van der Waals surface area contributed by atoms with Crippen LogP contribution in [0.5, 0.6) is 0 Å². The molecule has 0 bridgehead atoms. The molecule has 1 aliphatic rings. The Bertz CT molecular complexity index is 332. The first-order valence-electron chi connectivity index (χ1n) is 5.67. The molecule has 1 N–H and O–H groups in total. The zero-order valence-electron chi connectivity index (χ0n) is 9.84. The number of rotatable bonds is 2. The molecule has 0 amide bonds. The topological polar surface area (TPSA) is 15.3 Å². The van der Waals surface area contributed by atoms with E-state index in [4.69, 9.17) is 0 Å². The van der Waals surface area contributed by atoms with Crippen molar-refractivity contribution in [2.45, 2.75) is 33.4 Å². The fourth-order valence-electron chi connectivity index (χ4n) is 2.24. The van der Waals surface area contributed by atoms with Gasteiger partial charge < -0.3 is 5.32 Å². The summed E-state index contributed by atoms with van der Waals surface area (Å²) in [6.45, 7) is 11.3. The number of hydrogen-bond donors (Lipinski definition) is 1. The minimum Gasteiger partial charge on any atom is -0.312 e. The molecule has 1 saturated heterocycles. The smallest absolute Gasteiger partial charge is 0.0245 e. The van der Waals surface area contributed by atoms with E-state index in [9.17, 15) is 0 Å². The highest BCUT2D eigenvalue weighted by Crippen LogP contribution is 2.22. The summed E-state index contributed by atoms with van der Waals surface area (Å²) in [5.74, 6) is 0. The average molecular weight is 224 g/mol. The van der Waals surface area contributed by atoms with E-state index in [0.717, 1.165) is 13.1 Å². The normalized spacial score (nSPS) is 23.3. The molecule has 3 heteroatoms. The number of thiophene rings is 1. The van der Waals surface area contributed by atoms with Gasteiger partial charge in [-0.2, -0.15) is 0 Å². The first kappa shape index (κ1) is 11.1. The summed E-state index contributed by atoms with van der Waals surface area (Å²) in [6, 6.07) is 2.98. The van der Waals surface area contributed by atoms with Crippen LogP contribution in [-0.2, 0) is 6.54 Å². The third-order valence-corrected chi connectivity index (χ3v) is 4.00. The Balaban J connectivity index is 1.99. The van der Waals surface area contributed by atoms with E-state index in [-0.39, 0.29) is 0 Å². The molecule has 84 valence electrons. The van der Waals surface area contributed by atoms with Crippen molar-refractivity contribution in [2.75, 3.05) is 19.6 Å². The van der Waals surface area contributed by atoms with Gasteiger partial charge in [0.25, 0.3) is 0 Å². The van der Waals surface area contributed by atoms with Gasteiger partial charge in [0.05, 0.1) is 0 Å². The minimum absolute atomic E-state index is 0.638. The summed E-state index contributed by atoms with van der Waals surface area (Å²) in [5, 5.41) is 3.48. The highest BCUT2D eigenvalue weighted by molar-refractivity contribution is 7.12. The maximum Gasteiger partial charge on any atom is 0.0245 e. The van der Waals surface area contributed by atoms with E-state index in [0.29, 0.717) is 6.04 Å². The van der Waals surface area contributed by atoms with Gasteiger partial charge in [0, 0.05) is 42.0 Å². The highest BCUT2D eigenvalue weighted by atomic mass is 32.1. The van der Waals surface area contributed by atoms with Gasteiger partial charge in [0.15, 0.2) is 0 Å². The van der Waals surface area contributed by atoms with Crippen LogP contribution in [0.25, 0.3) is 0 Å². The Kier molecular flexibility index (Phi) is 3.44. The third-order valence-electron chi connectivity index (χ3n) is 2.99. The van der Waals surface area contributed by atoms with Crippen LogP contribution in [0, 0.1) is 13.8 Å². The summed E-state index contributed by atoms with van der Waals surface area (Å²) in [5.41, 5.74) is 1.52. The molecule has 2 nitrogen and oxygen atoms in total. The van der Waals surface area contributed by atoms with Crippen molar-refractivity contribution in [3.63, 3.8) is 0 Å². The maximum atomic E-state index is 3.48. The van der Waals surface area contributed by atoms with E-state index in [1.54, 1.807) is 0 Å². The molecule has 15 heavy (non-hydrogen) atoms. The van der Waals surface area contributed by atoms with Crippen molar-refractivity contribution in [3.8, 4) is 0 Å². The van der Waals surface area contributed by atoms with Crippen molar-refractivity contribution in [3.05, 3.63) is 21.4 Å². The van der Waals surface area contributed by atoms with Gasteiger partial charge >= 0.3 is 0 Å². The lowest BCUT2D eigenvalue weighted by Gasteiger charge is -2.31. The van der Waals surface area contributed by atoms with Gasteiger partial charge in [-0.05, 0) is 32.4 Å². The molecule has 0 aromatic carbocycles. The Labute approximate surface area is 96.3 Å². The zero-order chi connectivity index (χ0) is 10.8. The van der Waals surface area contributed by atoms with Crippen molar-refractivity contribution in [2.24, 2.45) is 0 Å². The molecule has 1 aromatic heterocycles. The number of nitrogens with zero attached hydrogens (tertiary/aromatic N) is 1. The Hall–Kier alpha value is -0.380. The first-order valence-corrected chi connectivity index (χ1v) is 6.48. The SMILES string of the molecule is Cc1cc(CN2CCN[C@H](C)C2)c(C)s1. The number of piperazine rings is 1. The number of nitrogens with one attached hydrogen (secondary N) is 1. The van der Waals surface area contributed by atoms with Crippen molar-refractivity contribution in [1.82, 2.24) is 10.2 Å². The van der Waals surface area contributed by atoms with Crippen molar-refractivity contribution < 1.29 is 0 Å². The second-order valence-electron chi connectivity index (χ2n) is 4.53. The van der Waals surface area contributed by atoms with E-state index < -0.39 is 0 Å². The van der Waals surface area contributed by atoms with Gasteiger partial charge in [-0.15, -0.1) is 11.3 Å². The fraction of sp³-hybridized carbons (Fsp3) is 0.667. The molecule has 0 saturated carbocycles. The fourth-order valence-corrected chi connectivity index (χ4v) is 3.18. The van der Waals surface area contributed by atoms with Gasteiger partial charge in [0.1, 0.15) is 0 Å². The van der Waals surface area contributed by atoms with Gasteiger partial charge in [-0.3, -0.25) is 4.90 Å².